The maximum atomic E-state index is 12.7. The zero-order valence-corrected chi connectivity index (χ0v) is 16.7. The summed E-state index contributed by atoms with van der Waals surface area (Å²) in [7, 11) is 0. The van der Waals surface area contributed by atoms with Crippen molar-refractivity contribution in [1.29, 1.82) is 0 Å². The number of nitrogens with one attached hydrogen (secondary N) is 1. The normalized spacial score (nSPS) is 21.9. The fourth-order valence-electron chi connectivity index (χ4n) is 3.18. The number of aryl methyl sites for hydroxylation is 1. The molecule has 0 spiro atoms. The number of piperidine rings is 1. The van der Waals surface area contributed by atoms with Crippen molar-refractivity contribution in [2.75, 3.05) is 18.4 Å². The van der Waals surface area contributed by atoms with Gasteiger partial charge in [-0.25, -0.2) is 0 Å². The van der Waals surface area contributed by atoms with E-state index in [4.69, 9.17) is 0 Å². The van der Waals surface area contributed by atoms with Gasteiger partial charge < -0.3 is 20.1 Å². The number of likely N-dealkylation sites (tertiary alicyclic amines) is 1. The molecule has 2 amide bonds. The summed E-state index contributed by atoms with van der Waals surface area (Å²) < 4.78 is 0. The third-order valence-electron chi connectivity index (χ3n) is 4.81. The molecule has 1 saturated carbocycles. The minimum atomic E-state index is -1.18. The van der Waals surface area contributed by atoms with Gasteiger partial charge in [0.2, 0.25) is 5.91 Å². The molecule has 1 saturated heterocycles. The first-order chi connectivity index (χ1) is 11.5. The van der Waals surface area contributed by atoms with Gasteiger partial charge in [0.1, 0.15) is 0 Å². The number of carbonyl (C=O) groups excluding carboxylic acids is 3. The number of aliphatic carboxylic acids is 1. The molecule has 1 heterocycles. The number of carboxylic acids is 1. The summed E-state index contributed by atoms with van der Waals surface area (Å²) in [5, 5.41) is 13.5. The van der Waals surface area contributed by atoms with E-state index in [1.165, 1.54) is 0 Å². The van der Waals surface area contributed by atoms with Gasteiger partial charge in [-0.2, -0.15) is 0 Å². The van der Waals surface area contributed by atoms with Gasteiger partial charge >= 0.3 is 29.6 Å². The van der Waals surface area contributed by atoms with Gasteiger partial charge in [0.15, 0.2) is 0 Å². The van der Waals surface area contributed by atoms with Crippen molar-refractivity contribution in [1.82, 2.24) is 4.90 Å². The molecule has 1 aliphatic carbocycles. The minimum absolute atomic E-state index is 0. The van der Waals surface area contributed by atoms with Crippen LogP contribution in [0.4, 0.5) is 5.69 Å². The first-order valence-corrected chi connectivity index (χ1v) is 8.39. The number of carboxylic acid groups (broad SMARTS) is 1. The summed E-state index contributed by atoms with van der Waals surface area (Å²) in [6.45, 7) is 3.41. The van der Waals surface area contributed by atoms with Gasteiger partial charge in [0.25, 0.3) is 5.91 Å². The maximum Gasteiger partial charge on any atom is 1.00 e. The Morgan fingerprint density at radius 3 is 2.40 bits per heavy atom. The molecule has 0 aromatic heterocycles. The van der Waals surface area contributed by atoms with Crippen LogP contribution in [0.5, 0.6) is 0 Å². The second-order valence-corrected chi connectivity index (χ2v) is 6.64. The Balaban J connectivity index is 0.00000225. The van der Waals surface area contributed by atoms with Gasteiger partial charge in [-0.05, 0) is 50.3 Å². The SMILES string of the molecule is Cc1ccc(NC(=O)[C@@H]2C[C@@H]2C(=O)[O-])cc1C(=O)N1CCCCC1.[Na+]. The van der Waals surface area contributed by atoms with Crippen LogP contribution in [-0.2, 0) is 9.59 Å². The molecule has 1 aromatic carbocycles. The predicted octanol–water partition coefficient (Wildman–Crippen LogP) is -2.05. The number of nitrogens with zero attached hydrogens (tertiary/aromatic N) is 1. The van der Waals surface area contributed by atoms with E-state index in [0.29, 0.717) is 17.7 Å². The molecule has 2 aliphatic rings. The van der Waals surface area contributed by atoms with Gasteiger partial charge in [-0.15, -0.1) is 0 Å². The van der Waals surface area contributed by atoms with Crippen LogP contribution in [0.25, 0.3) is 0 Å². The van der Waals surface area contributed by atoms with Crippen LogP contribution in [0.15, 0.2) is 18.2 Å². The van der Waals surface area contributed by atoms with Crippen LogP contribution in [0.1, 0.15) is 41.6 Å². The largest absolute Gasteiger partial charge is 1.00 e. The molecule has 1 aliphatic heterocycles. The fraction of sp³-hybridized carbons (Fsp3) is 0.500. The number of benzene rings is 1. The molecule has 128 valence electrons. The number of rotatable bonds is 4. The molecule has 0 bridgehead atoms. The number of carbonyl (C=O) groups is 3. The second-order valence-electron chi connectivity index (χ2n) is 6.64. The topological polar surface area (TPSA) is 89.5 Å². The first kappa shape index (κ1) is 19.9. The van der Waals surface area contributed by atoms with E-state index < -0.39 is 17.8 Å². The molecule has 1 aromatic rings. The molecule has 0 unspecified atom stereocenters. The van der Waals surface area contributed by atoms with Crippen LogP contribution < -0.4 is 40.0 Å². The zero-order valence-electron chi connectivity index (χ0n) is 14.7. The number of hydrogen-bond acceptors (Lipinski definition) is 4. The average Bonchev–Trinajstić information content (AvgIpc) is 3.38. The van der Waals surface area contributed by atoms with E-state index in [9.17, 15) is 19.5 Å². The third kappa shape index (κ3) is 4.63. The Morgan fingerprint density at radius 2 is 1.80 bits per heavy atom. The summed E-state index contributed by atoms with van der Waals surface area (Å²) >= 11 is 0. The summed E-state index contributed by atoms with van der Waals surface area (Å²) in [5.74, 6) is -2.74. The second kappa shape index (κ2) is 8.34. The summed E-state index contributed by atoms with van der Waals surface area (Å²) in [5.41, 5.74) is 1.97. The number of amides is 2. The first-order valence-electron chi connectivity index (χ1n) is 8.39. The molecule has 7 heteroatoms. The van der Waals surface area contributed by atoms with E-state index in [0.717, 1.165) is 37.9 Å². The van der Waals surface area contributed by atoms with Crippen LogP contribution in [0.3, 0.4) is 0 Å². The van der Waals surface area contributed by atoms with Crippen LogP contribution in [0.2, 0.25) is 0 Å². The summed E-state index contributed by atoms with van der Waals surface area (Å²) in [6, 6.07) is 5.22. The van der Waals surface area contributed by atoms with Crippen molar-refractivity contribution in [3.63, 3.8) is 0 Å². The fourth-order valence-corrected chi connectivity index (χ4v) is 3.18. The van der Waals surface area contributed by atoms with E-state index >= 15 is 0 Å². The Labute approximate surface area is 169 Å². The molecule has 25 heavy (non-hydrogen) atoms. The summed E-state index contributed by atoms with van der Waals surface area (Å²) in [4.78, 5) is 37.3. The Hall–Kier alpha value is -1.37. The number of anilines is 1. The summed E-state index contributed by atoms with van der Waals surface area (Å²) in [6.07, 6.45) is 3.51. The molecular formula is C18H21N2NaO4. The molecule has 2 fully saturated rings. The Morgan fingerprint density at radius 1 is 1.12 bits per heavy atom. The van der Waals surface area contributed by atoms with Crippen molar-refractivity contribution in [3.05, 3.63) is 29.3 Å². The zero-order chi connectivity index (χ0) is 17.3. The van der Waals surface area contributed by atoms with E-state index in [2.05, 4.69) is 5.32 Å². The molecule has 2 atom stereocenters. The maximum absolute atomic E-state index is 12.7. The van der Waals surface area contributed by atoms with Gasteiger partial charge in [0.05, 0.1) is 0 Å². The Kier molecular flexibility index (Phi) is 6.65. The third-order valence-corrected chi connectivity index (χ3v) is 4.81. The van der Waals surface area contributed by atoms with Gasteiger partial charge in [-0.1, -0.05) is 6.07 Å². The Bertz CT molecular complexity index is 686. The van der Waals surface area contributed by atoms with Crippen LogP contribution >= 0.6 is 0 Å². The van der Waals surface area contributed by atoms with Gasteiger partial charge in [0, 0.05) is 42.1 Å². The predicted molar refractivity (Wildman–Crippen MR) is 86.2 cm³/mol. The smallest absolute Gasteiger partial charge is 0.550 e. The van der Waals surface area contributed by atoms with Crippen molar-refractivity contribution < 1.29 is 49.0 Å². The van der Waals surface area contributed by atoms with Crippen molar-refractivity contribution in [2.45, 2.75) is 32.6 Å². The van der Waals surface area contributed by atoms with Crippen molar-refractivity contribution in [3.8, 4) is 0 Å². The number of hydrogen-bond donors (Lipinski definition) is 1. The molecule has 0 radical (unpaired) electrons. The van der Waals surface area contributed by atoms with E-state index in [1.54, 1.807) is 18.2 Å². The monoisotopic (exact) mass is 352 g/mol. The van der Waals surface area contributed by atoms with Crippen molar-refractivity contribution >= 4 is 23.5 Å². The molecule has 1 N–H and O–H groups in total. The molecule has 3 rings (SSSR count). The van der Waals surface area contributed by atoms with Crippen LogP contribution in [-0.4, -0.2) is 35.8 Å². The van der Waals surface area contributed by atoms with Crippen LogP contribution in [0, 0.1) is 18.8 Å². The molecular weight excluding hydrogens is 331 g/mol. The average molecular weight is 352 g/mol. The minimum Gasteiger partial charge on any atom is -0.550 e. The van der Waals surface area contributed by atoms with E-state index in [1.807, 2.05) is 11.8 Å². The van der Waals surface area contributed by atoms with Gasteiger partial charge in [-0.3, -0.25) is 9.59 Å². The molecule has 6 nitrogen and oxygen atoms in total. The van der Waals surface area contributed by atoms with Crippen molar-refractivity contribution in [2.24, 2.45) is 11.8 Å². The standard InChI is InChI=1S/C18H22N2O4.Na/c1-11-5-6-12(19-16(21)14-10-15(14)18(23)24)9-13(11)17(22)20-7-3-2-4-8-20;/h5-6,9,14-15H,2-4,7-8,10H2,1H3,(H,19,21)(H,23,24);/q;+1/p-1/t14-,15+;/m1./s1. The quantitative estimate of drug-likeness (QED) is 0.632. The van der Waals surface area contributed by atoms with E-state index in [-0.39, 0.29) is 41.4 Å².